The Kier molecular flexibility index (Phi) is 3.79. The number of rotatable bonds is 3. The Morgan fingerprint density at radius 2 is 1.90 bits per heavy atom. The van der Waals surface area contributed by atoms with Gasteiger partial charge in [-0.15, -0.1) is 0 Å². The highest BCUT2D eigenvalue weighted by atomic mass is 32.1. The van der Waals surface area contributed by atoms with E-state index < -0.39 is 0 Å². The molecule has 0 bridgehead atoms. The molecule has 104 valence electrons. The van der Waals surface area contributed by atoms with Crippen molar-refractivity contribution in [3.05, 3.63) is 65.7 Å². The molecule has 1 N–H and O–H groups in total. The third-order valence-corrected chi connectivity index (χ3v) is 4.08. The Labute approximate surface area is 127 Å². The second-order valence-corrected chi connectivity index (χ2v) is 5.70. The van der Waals surface area contributed by atoms with Crippen molar-refractivity contribution < 1.29 is 4.79 Å². The highest BCUT2D eigenvalue weighted by molar-refractivity contribution is 7.22. The number of hydrogen-bond acceptors (Lipinski definition) is 3. The maximum Gasteiger partial charge on any atom is 0.250 e. The number of benzene rings is 2. The van der Waals surface area contributed by atoms with Crippen molar-refractivity contribution >= 4 is 38.7 Å². The van der Waals surface area contributed by atoms with E-state index in [0.717, 1.165) is 21.3 Å². The summed E-state index contributed by atoms with van der Waals surface area (Å²) in [5, 5.41) is 3.42. The number of carbonyl (C=O) groups excluding carboxylic acids is 1. The number of nitrogens with one attached hydrogen (secondary N) is 1. The third kappa shape index (κ3) is 3.17. The maximum absolute atomic E-state index is 11.9. The SMILES string of the molecule is Cc1ccccc1/C=C/C(=O)Nc1nc2ccccc2s1. The summed E-state index contributed by atoms with van der Waals surface area (Å²) >= 11 is 1.47. The van der Waals surface area contributed by atoms with Gasteiger partial charge in [0.1, 0.15) is 0 Å². The van der Waals surface area contributed by atoms with E-state index in [1.807, 2.05) is 61.5 Å². The number of amides is 1. The smallest absolute Gasteiger partial charge is 0.250 e. The first-order valence-corrected chi connectivity index (χ1v) is 7.44. The van der Waals surface area contributed by atoms with Crippen LogP contribution in [-0.4, -0.2) is 10.9 Å². The first-order valence-electron chi connectivity index (χ1n) is 6.62. The fourth-order valence-electron chi connectivity index (χ4n) is 2.01. The zero-order valence-electron chi connectivity index (χ0n) is 11.5. The molecule has 1 heterocycles. The maximum atomic E-state index is 11.9. The molecule has 2 aromatic carbocycles. The fourth-order valence-corrected chi connectivity index (χ4v) is 2.88. The normalized spacial score (nSPS) is 11.1. The largest absolute Gasteiger partial charge is 0.298 e. The summed E-state index contributed by atoms with van der Waals surface area (Å²) in [5.41, 5.74) is 3.08. The van der Waals surface area contributed by atoms with Gasteiger partial charge in [0.2, 0.25) is 5.91 Å². The van der Waals surface area contributed by atoms with Crippen LogP contribution in [0, 0.1) is 6.92 Å². The molecule has 0 aliphatic rings. The number of nitrogens with zero attached hydrogens (tertiary/aromatic N) is 1. The monoisotopic (exact) mass is 294 g/mol. The lowest BCUT2D eigenvalue weighted by molar-refractivity contribution is -0.111. The number of hydrogen-bond donors (Lipinski definition) is 1. The van der Waals surface area contributed by atoms with Gasteiger partial charge in [-0.25, -0.2) is 4.98 Å². The molecule has 0 atom stereocenters. The van der Waals surface area contributed by atoms with Gasteiger partial charge < -0.3 is 0 Å². The summed E-state index contributed by atoms with van der Waals surface area (Å²) in [6, 6.07) is 15.8. The molecular weight excluding hydrogens is 280 g/mol. The molecule has 0 radical (unpaired) electrons. The van der Waals surface area contributed by atoms with E-state index in [9.17, 15) is 4.79 Å². The molecule has 3 rings (SSSR count). The van der Waals surface area contributed by atoms with E-state index in [0.29, 0.717) is 5.13 Å². The van der Waals surface area contributed by atoms with E-state index in [-0.39, 0.29) is 5.91 Å². The summed E-state index contributed by atoms with van der Waals surface area (Å²) in [6.07, 6.45) is 3.35. The van der Waals surface area contributed by atoms with Crippen molar-refractivity contribution in [2.75, 3.05) is 5.32 Å². The van der Waals surface area contributed by atoms with Crippen LogP contribution in [0.15, 0.2) is 54.6 Å². The molecule has 21 heavy (non-hydrogen) atoms. The summed E-state index contributed by atoms with van der Waals surface area (Å²) in [6.45, 7) is 2.02. The minimum atomic E-state index is -0.169. The van der Waals surface area contributed by atoms with Crippen molar-refractivity contribution in [3.8, 4) is 0 Å². The topological polar surface area (TPSA) is 42.0 Å². The molecule has 0 aliphatic heterocycles. The first-order chi connectivity index (χ1) is 10.2. The van der Waals surface area contributed by atoms with Crippen molar-refractivity contribution in [2.45, 2.75) is 6.92 Å². The molecule has 3 nitrogen and oxygen atoms in total. The summed E-state index contributed by atoms with van der Waals surface area (Å²) < 4.78 is 1.07. The quantitative estimate of drug-likeness (QED) is 0.733. The molecule has 4 heteroatoms. The predicted molar refractivity (Wildman–Crippen MR) is 88.5 cm³/mol. The number of aryl methyl sites for hydroxylation is 1. The molecule has 0 spiro atoms. The Balaban J connectivity index is 1.73. The molecule has 0 unspecified atom stereocenters. The van der Waals surface area contributed by atoms with Crippen LogP contribution in [-0.2, 0) is 4.79 Å². The van der Waals surface area contributed by atoms with Crippen LogP contribution in [0.3, 0.4) is 0 Å². The van der Waals surface area contributed by atoms with Gasteiger partial charge in [0, 0.05) is 6.08 Å². The van der Waals surface area contributed by atoms with Crippen LogP contribution >= 0.6 is 11.3 Å². The minimum absolute atomic E-state index is 0.169. The van der Waals surface area contributed by atoms with Crippen molar-refractivity contribution in [1.82, 2.24) is 4.98 Å². The Morgan fingerprint density at radius 1 is 1.14 bits per heavy atom. The lowest BCUT2D eigenvalue weighted by atomic mass is 10.1. The zero-order chi connectivity index (χ0) is 14.7. The third-order valence-electron chi connectivity index (χ3n) is 3.13. The average molecular weight is 294 g/mol. The summed E-state index contributed by atoms with van der Waals surface area (Å²) in [4.78, 5) is 16.3. The van der Waals surface area contributed by atoms with Crippen LogP contribution in [0.4, 0.5) is 5.13 Å². The molecule has 1 amide bonds. The lowest BCUT2D eigenvalue weighted by Gasteiger charge is -1.99. The van der Waals surface area contributed by atoms with Gasteiger partial charge in [0.25, 0.3) is 0 Å². The standard InChI is InChI=1S/C17H14N2OS/c1-12-6-2-3-7-13(12)10-11-16(20)19-17-18-14-8-4-5-9-15(14)21-17/h2-11H,1H3,(H,18,19,20)/b11-10+. The highest BCUT2D eigenvalue weighted by Gasteiger charge is 2.05. The summed E-state index contributed by atoms with van der Waals surface area (Å²) in [5.74, 6) is -0.169. The zero-order valence-corrected chi connectivity index (χ0v) is 12.4. The fraction of sp³-hybridized carbons (Fsp3) is 0.0588. The van der Waals surface area contributed by atoms with E-state index in [1.165, 1.54) is 17.4 Å². The molecule has 0 saturated heterocycles. The van der Waals surface area contributed by atoms with Crippen LogP contribution in [0.2, 0.25) is 0 Å². The summed E-state index contributed by atoms with van der Waals surface area (Å²) in [7, 11) is 0. The second-order valence-electron chi connectivity index (χ2n) is 4.67. The van der Waals surface area contributed by atoms with Gasteiger partial charge in [-0.3, -0.25) is 10.1 Å². The number of para-hydroxylation sites is 1. The number of thiazole rings is 1. The van der Waals surface area contributed by atoms with E-state index in [1.54, 1.807) is 0 Å². The van der Waals surface area contributed by atoms with Gasteiger partial charge in [-0.05, 0) is 36.3 Å². The molecule has 1 aromatic heterocycles. The van der Waals surface area contributed by atoms with Crippen molar-refractivity contribution in [3.63, 3.8) is 0 Å². The molecule has 3 aromatic rings. The Hall–Kier alpha value is -2.46. The number of fused-ring (bicyclic) bond motifs is 1. The number of anilines is 1. The van der Waals surface area contributed by atoms with Gasteiger partial charge in [-0.1, -0.05) is 47.7 Å². The van der Waals surface area contributed by atoms with E-state index >= 15 is 0 Å². The van der Waals surface area contributed by atoms with Gasteiger partial charge in [0.05, 0.1) is 10.2 Å². The second kappa shape index (κ2) is 5.89. The van der Waals surface area contributed by atoms with Crippen LogP contribution in [0.5, 0.6) is 0 Å². The first kappa shape index (κ1) is 13.5. The molecular formula is C17H14N2OS. The van der Waals surface area contributed by atoms with Crippen LogP contribution < -0.4 is 5.32 Å². The van der Waals surface area contributed by atoms with Crippen molar-refractivity contribution in [1.29, 1.82) is 0 Å². The van der Waals surface area contributed by atoms with Gasteiger partial charge in [0.15, 0.2) is 5.13 Å². The van der Waals surface area contributed by atoms with E-state index in [4.69, 9.17) is 0 Å². The average Bonchev–Trinajstić information content (AvgIpc) is 2.88. The van der Waals surface area contributed by atoms with E-state index in [2.05, 4.69) is 10.3 Å². The van der Waals surface area contributed by atoms with Crippen LogP contribution in [0.25, 0.3) is 16.3 Å². The minimum Gasteiger partial charge on any atom is -0.298 e. The number of aromatic nitrogens is 1. The highest BCUT2D eigenvalue weighted by Crippen LogP contribution is 2.25. The lowest BCUT2D eigenvalue weighted by Crippen LogP contribution is -2.07. The Morgan fingerprint density at radius 3 is 2.71 bits per heavy atom. The number of carbonyl (C=O) groups is 1. The molecule has 0 aliphatic carbocycles. The predicted octanol–water partition coefficient (Wildman–Crippen LogP) is 4.26. The van der Waals surface area contributed by atoms with Gasteiger partial charge >= 0.3 is 0 Å². The van der Waals surface area contributed by atoms with Gasteiger partial charge in [-0.2, -0.15) is 0 Å². The molecule has 0 saturated carbocycles. The van der Waals surface area contributed by atoms with Crippen molar-refractivity contribution in [2.24, 2.45) is 0 Å². The Bertz CT molecular complexity index is 787. The molecule has 0 fully saturated rings. The van der Waals surface area contributed by atoms with Crippen LogP contribution in [0.1, 0.15) is 11.1 Å².